The van der Waals surface area contributed by atoms with Gasteiger partial charge in [-0.05, 0) is 61.7 Å². The molecule has 5 nitrogen and oxygen atoms in total. The number of rotatable bonds is 7. The molecule has 0 aliphatic rings. The van der Waals surface area contributed by atoms with Gasteiger partial charge in [-0.3, -0.25) is 4.79 Å². The summed E-state index contributed by atoms with van der Waals surface area (Å²) < 4.78 is 18.2. The average Bonchev–Trinajstić information content (AvgIpc) is 2.56. The highest BCUT2D eigenvalue weighted by molar-refractivity contribution is 5.80. The summed E-state index contributed by atoms with van der Waals surface area (Å²) in [6.45, 7) is 5.70. The largest absolute Gasteiger partial charge is 0.478 e. The summed E-state index contributed by atoms with van der Waals surface area (Å²) >= 11 is 0. The molecule has 138 valence electrons. The summed E-state index contributed by atoms with van der Waals surface area (Å²) in [6.07, 6.45) is -1.09. The first-order chi connectivity index (χ1) is 12.3. The molecular weight excluding hydrogens is 337 g/mol. The summed E-state index contributed by atoms with van der Waals surface area (Å²) in [7, 11) is 0. The quantitative estimate of drug-likeness (QED) is 0.797. The molecule has 0 aliphatic heterocycles. The molecule has 0 aliphatic carbocycles. The number of aryl methyl sites for hydroxylation is 3. The van der Waals surface area contributed by atoms with Gasteiger partial charge in [-0.25, -0.2) is 9.18 Å². The van der Waals surface area contributed by atoms with E-state index in [2.05, 4.69) is 5.32 Å². The lowest BCUT2D eigenvalue weighted by molar-refractivity contribution is -0.145. The second-order valence-electron chi connectivity index (χ2n) is 6.26. The van der Waals surface area contributed by atoms with Crippen LogP contribution in [-0.4, -0.2) is 29.6 Å². The minimum Gasteiger partial charge on any atom is -0.478 e. The van der Waals surface area contributed by atoms with Gasteiger partial charge in [-0.2, -0.15) is 0 Å². The predicted octanol–water partition coefficient (Wildman–Crippen LogP) is 2.94. The lowest BCUT2D eigenvalue weighted by Crippen LogP contribution is -2.41. The number of carbonyl (C=O) groups excluding carboxylic acids is 1. The monoisotopic (exact) mass is 359 g/mol. The highest BCUT2D eigenvalue weighted by atomic mass is 19.1. The van der Waals surface area contributed by atoms with E-state index < -0.39 is 17.9 Å². The molecule has 0 heterocycles. The lowest BCUT2D eigenvalue weighted by Gasteiger charge is -2.16. The number of carbonyl (C=O) groups is 2. The molecule has 1 atom stereocenters. The second-order valence-corrected chi connectivity index (χ2v) is 6.26. The zero-order valence-corrected chi connectivity index (χ0v) is 15.0. The van der Waals surface area contributed by atoms with Crippen molar-refractivity contribution in [1.29, 1.82) is 0 Å². The Morgan fingerprint density at radius 2 is 1.69 bits per heavy atom. The van der Waals surface area contributed by atoms with Gasteiger partial charge in [-0.15, -0.1) is 0 Å². The van der Waals surface area contributed by atoms with Crippen LogP contribution in [0.1, 0.15) is 22.3 Å². The summed E-state index contributed by atoms with van der Waals surface area (Å²) in [5.41, 5.74) is 4.10. The molecule has 6 heteroatoms. The Labute approximate surface area is 151 Å². The Kier molecular flexibility index (Phi) is 6.33. The van der Waals surface area contributed by atoms with Gasteiger partial charge in [0.25, 0.3) is 0 Å². The third kappa shape index (κ3) is 5.31. The minimum absolute atomic E-state index is 0.167. The fraction of sp³-hybridized carbons (Fsp3) is 0.300. The number of hydrogen-bond acceptors (Lipinski definition) is 3. The zero-order chi connectivity index (χ0) is 19.3. The maximum absolute atomic E-state index is 12.9. The molecule has 2 aromatic rings. The van der Waals surface area contributed by atoms with Crippen molar-refractivity contribution >= 4 is 11.9 Å². The van der Waals surface area contributed by atoms with Crippen LogP contribution in [0.3, 0.4) is 0 Å². The molecule has 26 heavy (non-hydrogen) atoms. The van der Waals surface area contributed by atoms with E-state index in [1.807, 2.05) is 32.9 Å². The van der Waals surface area contributed by atoms with Crippen molar-refractivity contribution < 1.29 is 23.8 Å². The molecule has 0 saturated carbocycles. The van der Waals surface area contributed by atoms with Gasteiger partial charge in [0, 0.05) is 0 Å². The molecule has 1 amide bonds. The van der Waals surface area contributed by atoms with Crippen molar-refractivity contribution in [2.75, 3.05) is 6.54 Å². The van der Waals surface area contributed by atoms with Gasteiger partial charge < -0.3 is 15.2 Å². The van der Waals surface area contributed by atoms with Crippen molar-refractivity contribution in [3.8, 4) is 5.75 Å². The molecule has 0 aromatic heterocycles. The topological polar surface area (TPSA) is 75.6 Å². The first-order valence-electron chi connectivity index (χ1n) is 8.24. The Balaban J connectivity index is 1.97. The summed E-state index contributed by atoms with van der Waals surface area (Å²) in [5, 5.41) is 11.9. The highest BCUT2D eigenvalue weighted by Crippen LogP contribution is 2.17. The van der Waals surface area contributed by atoms with Crippen LogP contribution in [0.4, 0.5) is 4.39 Å². The molecule has 0 radical (unpaired) electrons. The third-order valence-corrected chi connectivity index (χ3v) is 4.03. The van der Waals surface area contributed by atoms with E-state index in [4.69, 9.17) is 4.74 Å². The number of hydrogen-bond donors (Lipinski definition) is 2. The van der Waals surface area contributed by atoms with Crippen molar-refractivity contribution in [3.05, 3.63) is 64.5 Å². The number of carboxylic acids is 1. The molecule has 2 aromatic carbocycles. The van der Waals surface area contributed by atoms with Crippen LogP contribution in [0.2, 0.25) is 0 Å². The maximum Gasteiger partial charge on any atom is 0.346 e. The number of aliphatic carboxylic acids is 1. The number of halogens is 1. The summed E-state index contributed by atoms with van der Waals surface area (Å²) in [6, 6.07) is 9.05. The third-order valence-electron chi connectivity index (χ3n) is 4.03. The molecule has 0 bridgehead atoms. The van der Waals surface area contributed by atoms with E-state index in [1.165, 1.54) is 24.3 Å². The Bertz CT molecular complexity index is 779. The van der Waals surface area contributed by atoms with Crippen LogP contribution >= 0.6 is 0 Å². The van der Waals surface area contributed by atoms with Gasteiger partial charge in [-0.1, -0.05) is 17.7 Å². The zero-order valence-electron chi connectivity index (χ0n) is 15.0. The first kappa shape index (κ1) is 19.4. The summed E-state index contributed by atoms with van der Waals surface area (Å²) in [4.78, 5) is 23.6. The van der Waals surface area contributed by atoms with E-state index in [1.54, 1.807) is 0 Å². The van der Waals surface area contributed by atoms with E-state index in [9.17, 15) is 19.1 Å². The highest BCUT2D eigenvalue weighted by Gasteiger charge is 2.21. The molecule has 1 unspecified atom stereocenters. The molecule has 0 fully saturated rings. The SMILES string of the molecule is Cc1cc(C)c(CC(=O)NCC(Oc2ccc(F)cc2)C(=O)O)c(C)c1. The van der Waals surface area contributed by atoms with Crippen molar-refractivity contribution in [3.63, 3.8) is 0 Å². The van der Waals surface area contributed by atoms with Crippen molar-refractivity contribution in [2.45, 2.75) is 33.3 Å². The maximum atomic E-state index is 12.9. The van der Waals surface area contributed by atoms with Crippen molar-refractivity contribution in [2.24, 2.45) is 0 Å². The second kappa shape index (κ2) is 8.47. The van der Waals surface area contributed by atoms with Crippen molar-refractivity contribution in [1.82, 2.24) is 5.32 Å². The first-order valence-corrected chi connectivity index (χ1v) is 8.24. The Morgan fingerprint density at radius 3 is 2.23 bits per heavy atom. The molecule has 0 spiro atoms. The van der Waals surface area contributed by atoms with Gasteiger partial charge in [0.05, 0.1) is 13.0 Å². The standard InChI is InChI=1S/C20H22FNO4/c1-12-8-13(2)17(14(3)9-12)10-19(23)22-11-18(20(24)25)26-16-6-4-15(21)5-7-16/h4-9,18H,10-11H2,1-3H3,(H,22,23)(H,24,25). The Morgan fingerprint density at radius 1 is 1.12 bits per heavy atom. The lowest BCUT2D eigenvalue weighted by atomic mass is 9.97. The number of carboxylic acid groups (broad SMARTS) is 1. The number of amides is 1. The van der Waals surface area contributed by atoms with Gasteiger partial charge in [0.15, 0.2) is 0 Å². The fourth-order valence-electron chi connectivity index (χ4n) is 2.78. The normalized spacial score (nSPS) is 11.7. The van der Waals surface area contributed by atoms with E-state index in [0.29, 0.717) is 0 Å². The van der Waals surface area contributed by atoms with Gasteiger partial charge in [0.2, 0.25) is 12.0 Å². The summed E-state index contributed by atoms with van der Waals surface area (Å²) in [5.74, 6) is -1.72. The Hall–Kier alpha value is -2.89. The number of benzene rings is 2. The number of ether oxygens (including phenoxy) is 1. The van der Waals surface area contributed by atoms with Crippen LogP contribution in [0.25, 0.3) is 0 Å². The number of nitrogens with one attached hydrogen (secondary N) is 1. The predicted molar refractivity (Wildman–Crippen MR) is 95.8 cm³/mol. The van der Waals surface area contributed by atoms with E-state index in [0.717, 1.165) is 22.3 Å². The van der Waals surface area contributed by atoms with E-state index >= 15 is 0 Å². The molecule has 0 saturated heterocycles. The van der Waals surface area contributed by atoms with Crippen LogP contribution < -0.4 is 10.1 Å². The smallest absolute Gasteiger partial charge is 0.346 e. The van der Waals surface area contributed by atoms with E-state index in [-0.39, 0.29) is 24.6 Å². The van der Waals surface area contributed by atoms with Gasteiger partial charge in [0.1, 0.15) is 11.6 Å². The molecule has 2 rings (SSSR count). The molecule has 2 N–H and O–H groups in total. The van der Waals surface area contributed by atoms with Crippen LogP contribution in [0.5, 0.6) is 5.75 Å². The molecular formula is C20H22FNO4. The van der Waals surface area contributed by atoms with Crippen LogP contribution in [0.15, 0.2) is 36.4 Å². The van der Waals surface area contributed by atoms with Gasteiger partial charge >= 0.3 is 5.97 Å². The van der Waals surface area contributed by atoms with Crippen LogP contribution in [0, 0.1) is 26.6 Å². The fourth-order valence-corrected chi connectivity index (χ4v) is 2.78. The minimum atomic E-state index is -1.26. The average molecular weight is 359 g/mol. The van der Waals surface area contributed by atoms with Crippen LogP contribution in [-0.2, 0) is 16.0 Å².